The fourth-order valence-electron chi connectivity index (χ4n) is 12.6. The SMILES string of the molecule is CC(C)(C)OC(=O)N1[C@@H](CCc2c[n+](C[C@H](O)CC[C@H]3C(=O)O[C@H](c4ccccc4)[C@H](c4ccccc4)N3C(=O)OC(C)(C)C)cc(O)c2C[C@H]2C(=O)O[C@H](c3ccccc3)[C@H](c3ccccc3)N2C(=O)OC(C)(C)C)C(=O)O[C@H](c2ccccc2)[C@@H]1c1ccccc1. The summed E-state index contributed by atoms with van der Waals surface area (Å²) in [6, 6.07) is 48.5. The Hall–Kier alpha value is -9.55. The summed E-state index contributed by atoms with van der Waals surface area (Å²) >= 11 is 0. The van der Waals surface area contributed by atoms with Crippen LogP contribution in [-0.2, 0) is 62.2 Å². The number of aliphatic hydroxyl groups excluding tert-OH is 1. The molecule has 4 heterocycles. The number of aromatic nitrogens is 1. The summed E-state index contributed by atoms with van der Waals surface area (Å²) in [5, 5.41) is 24.9. The molecule has 6 aromatic carbocycles. The number of aryl methyl sites for hydroxylation is 1. The molecule has 0 radical (unpaired) electrons. The minimum atomic E-state index is -1.42. The molecule has 10 atom stereocenters. The highest BCUT2D eigenvalue weighted by atomic mass is 16.6. The molecule has 0 unspecified atom stereocenters. The molecule has 18 heteroatoms. The first-order valence-corrected chi connectivity index (χ1v) is 31.7. The number of hydrogen-bond acceptors (Lipinski definition) is 14. The number of esters is 3. The average Bonchev–Trinajstić information content (AvgIpc) is 0.774. The van der Waals surface area contributed by atoms with Crippen molar-refractivity contribution in [2.45, 2.75) is 178 Å². The molecule has 18 nitrogen and oxygen atoms in total. The monoisotopic (exact) mass is 1260 g/mol. The van der Waals surface area contributed by atoms with Gasteiger partial charge in [0.15, 0.2) is 36.8 Å². The lowest BCUT2D eigenvalue weighted by Gasteiger charge is -2.45. The number of cyclic esters (lactones) is 3. The summed E-state index contributed by atoms with van der Waals surface area (Å²) in [5.41, 5.74) is 1.51. The predicted octanol–water partition coefficient (Wildman–Crippen LogP) is 13.2. The van der Waals surface area contributed by atoms with E-state index in [2.05, 4.69) is 0 Å². The number of benzene rings is 6. The molecule has 3 saturated heterocycles. The topological polar surface area (TPSA) is 212 Å². The first-order chi connectivity index (χ1) is 44.3. The van der Waals surface area contributed by atoms with Gasteiger partial charge in [0.05, 0.1) is 0 Å². The Labute approximate surface area is 543 Å². The van der Waals surface area contributed by atoms with Gasteiger partial charge in [0.1, 0.15) is 59.2 Å². The number of hydrogen-bond donors (Lipinski definition) is 2. The van der Waals surface area contributed by atoms with E-state index in [1.807, 2.05) is 182 Å². The summed E-state index contributed by atoms with van der Waals surface area (Å²) in [6.07, 6.45) is -4.02. The largest absolute Gasteiger partial charge is 0.503 e. The second kappa shape index (κ2) is 28.1. The third-order valence-electron chi connectivity index (χ3n) is 16.5. The Morgan fingerprint density at radius 2 is 0.753 bits per heavy atom. The summed E-state index contributed by atoms with van der Waals surface area (Å²) in [5.74, 6) is -2.54. The molecule has 10 rings (SSSR count). The maximum absolute atomic E-state index is 15.0. The number of aliphatic hydroxyl groups is 1. The molecule has 3 amide bonds. The Morgan fingerprint density at radius 1 is 0.452 bits per heavy atom. The van der Waals surface area contributed by atoms with E-state index in [0.29, 0.717) is 38.9 Å². The highest BCUT2D eigenvalue weighted by Gasteiger charge is 2.53. The summed E-state index contributed by atoms with van der Waals surface area (Å²) in [6.45, 7) is 15.4. The minimum absolute atomic E-state index is 0.0636. The van der Waals surface area contributed by atoms with Gasteiger partial charge < -0.3 is 38.6 Å². The van der Waals surface area contributed by atoms with Crippen LogP contribution in [0.3, 0.4) is 0 Å². The summed E-state index contributed by atoms with van der Waals surface area (Å²) in [7, 11) is 0. The van der Waals surface area contributed by atoms with Gasteiger partial charge >= 0.3 is 36.2 Å². The van der Waals surface area contributed by atoms with Gasteiger partial charge in [0.25, 0.3) is 0 Å². The van der Waals surface area contributed by atoms with E-state index in [-0.39, 0.29) is 50.0 Å². The van der Waals surface area contributed by atoms with Crippen molar-refractivity contribution in [1.29, 1.82) is 0 Å². The lowest BCUT2D eigenvalue weighted by molar-refractivity contribution is -0.704. The Balaban J connectivity index is 1.04. The summed E-state index contributed by atoms with van der Waals surface area (Å²) < 4.78 is 39.0. The molecule has 0 spiro atoms. The van der Waals surface area contributed by atoms with Crippen LogP contribution in [0, 0.1) is 0 Å². The van der Waals surface area contributed by atoms with Crippen molar-refractivity contribution in [1.82, 2.24) is 14.7 Å². The Kier molecular flexibility index (Phi) is 20.1. The zero-order chi connectivity index (χ0) is 66.4. The third kappa shape index (κ3) is 15.9. The van der Waals surface area contributed by atoms with Gasteiger partial charge in [0, 0.05) is 17.5 Å². The number of ether oxygens (including phenoxy) is 6. The molecule has 2 N–H and O–H groups in total. The van der Waals surface area contributed by atoms with Crippen LogP contribution in [0.25, 0.3) is 0 Å². The molecule has 7 aromatic rings. The van der Waals surface area contributed by atoms with Crippen LogP contribution >= 0.6 is 0 Å². The van der Waals surface area contributed by atoms with Gasteiger partial charge in [-0.05, 0) is 121 Å². The predicted molar refractivity (Wildman–Crippen MR) is 345 cm³/mol. The van der Waals surface area contributed by atoms with E-state index >= 15 is 9.59 Å². The van der Waals surface area contributed by atoms with Crippen LogP contribution in [0.1, 0.15) is 163 Å². The molecule has 3 fully saturated rings. The molecule has 93 heavy (non-hydrogen) atoms. The van der Waals surface area contributed by atoms with Gasteiger partial charge in [-0.15, -0.1) is 0 Å². The summed E-state index contributed by atoms with van der Waals surface area (Å²) in [4.78, 5) is 93.3. The van der Waals surface area contributed by atoms with Crippen molar-refractivity contribution < 1.29 is 72.0 Å². The molecule has 0 bridgehead atoms. The van der Waals surface area contributed by atoms with Crippen LogP contribution < -0.4 is 4.57 Å². The molecule has 0 saturated carbocycles. The zero-order valence-electron chi connectivity index (χ0n) is 54.1. The van der Waals surface area contributed by atoms with Crippen molar-refractivity contribution in [3.05, 3.63) is 239 Å². The quantitative estimate of drug-likeness (QED) is 0.0524. The molecular weight excluding hydrogens is 1180 g/mol. The first-order valence-electron chi connectivity index (χ1n) is 31.7. The van der Waals surface area contributed by atoms with E-state index in [9.17, 15) is 29.4 Å². The normalized spacial score (nSPS) is 22.2. The number of rotatable bonds is 16. The maximum atomic E-state index is 15.0. The fourth-order valence-corrected chi connectivity index (χ4v) is 12.6. The van der Waals surface area contributed by atoms with Crippen molar-refractivity contribution >= 4 is 36.2 Å². The minimum Gasteiger partial charge on any atom is -0.503 e. The second-order valence-corrected chi connectivity index (χ2v) is 26.9. The van der Waals surface area contributed by atoms with E-state index in [1.165, 1.54) is 20.9 Å². The highest BCUT2D eigenvalue weighted by molar-refractivity contribution is 5.86. The zero-order valence-corrected chi connectivity index (χ0v) is 54.1. The van der Waals surface area contributed by atoms with Crippen molar-refractivity contribution in [3.63, 3.8) is 0 Å². The van der Waals surface area contributed by atoms with Crippen molar-refractivity contribution in [2.75, 3.05) is 0 Å². The molecular formula is C75H83N4O14+. The van der Waals surface area contributed by atoms with Crippen LogP contribution in [0.15, 0.2) is 194 Å². The van der Waals surface area contributed by atoms with E-state index in [0.717, 1.165) is 0 Å². The Bertz CT molecular complexity index is 3730. The highest BCUT2D eigenvalue weighted by Crippen LogP contribution is 2.48. The molecule has 3 aliphatic rings. The number of amides is 3. The Morgan fingerprint density at radius 3 is 1.09 bits per heavy atom. The molecule has 3 aliphatic heterocycles. The second-order valence-electron chi connectivity index (χ2n) is 26.9. The third-order valence-corrected chi connectivity index (χ3v) is 16.5. The number of carbonyl (C=O) groups is 6. The number of aromatic hydroxyl groups is 1. The molecule has 486 valence electrons. The van der Waals surface area contributed by atoms with Crippen LogP contribution in [0.4, 0.5) is 14.4 Å². The van der Waals surface area contributed by atoms with Crippen LogP contribution in [0.2, 0.25) is 0 Å². The van der Waals surface area contributed by atoms with E-state index < -0.39 is 114 Å². The maximum Gasteiger partial charge on any atom is 0.411 e. The average molecular weight is 1260 g/mol. The lowest BCUT2D eigenvalue weighted by atomic mass is 9.88. The van der Waals surface area contributed by atoms with Gasteiger partial charge in [-0.3, -0.25) is 14.7 Å². The number of nitrogens with zero attached hydrogens (tertiary/aromatic N) is 4. The smallest absolute Gasteiger partial charge is 0.411 e. The van der Waals surface area contributed by atoms with Gasteiger partial charge in [-0.25, -0.2) is 28.8 Å². The molecule has 1 aromatic heterocycles. The van der Waals surface area contributed by atoms with Crippen molar-refractivity contribution in [2.24, 2.45) is 0 Å². The van der Waals surface area contributed by atoms with Crippen LogP contribution in [0.5, 0.6) is 5.75 Å². The number of morpholine rings is 3. The number of carbonyl (C=O) groups excluding carboxylic acids is 6. The number of pyridine rings is 1. The van der Waals surface area contributed by atoms with E-state index in [1.54, 1.807) is 73.1 Å². The van der Waals surface area contributed by atoms with Crippen LogP contribution in [-0.4, -0.2) is 102 Å². The van der Waals surface area contributed by atoms with E-state index in [4.69, 9.17) is 28.4 Å². The van der Waals surface area contributed by atoms with Gasteiger partial charge in [-0.1, -0.05) is 182 Å². The fraction of sp³-hybridized carbons (Fsp3) is 0.373. The molecule has 0 aliphatic carbocycles. The lowest BCUT2D eigenvalue weighted by Crippen LogP contribution is -2.56. The van der Waals surface area contributed by atoms with Crippen molar-refractivity contribution in [3.8, 4) is 5.75 Å². The standard InChI is InChI=1S/C75H82N4O14/c1-73(2,3)91-70(85)77-57(67(82)88-64(51-34-22-13-23-35-51)61(77)48-28-16-10-17-29-48)42-40-54-45-76(46-55(80)41-43-58-68(83)89-65(52-36-24-14-25-37-52)62(49-30-18-11-19-31-49)78(58)71(86)92-74(4,5)6)47-60(81)56(54)44-59-69(84)90-66(53-38-26-15-27-39-53)63(50-32-20-12-21-33-50)79(59)72(87)93-75(7,8)9/h10-39,45,47,55,57-59,61-66,80H,40-44,46H2,1-9H3/p+1/t55-,57+,58+,59+,61+,62+,63+,64-,65-,66-/m1/s1. The van der Waals surface area contributed by atoms with Gasteiger partial charge in [0.2, 0.25) is 6.20 Å². The first kappa shape index (κ1) is 66.4. The van der Waals surface area contributed by atoms with Gasteiger partial charge in [-0.2, -0.15) is 4.57 Å².